The first-order chi connectivity index (χ1) is 10.1. The number of piperidine rings is 1. The Morgan fingerprint density at radius 3 is 2.43 bits per heavy atom. The third kappa shape index (κ3) is 2.47. The average Bonchev–Trinajstić information content (AvgIpc) is 2.51. The topological polar surface area (TPSA) is 40.6 Å². The molecular weight excluding hydrogens is 264 g/mol. The van der Waals surface area contributed by atoms with E-state index in [1.54, 1.807) is 0 Å². The number of hydrogen-bond donors (Lipinski definition) is 0. The second kappa shape index (κ2) is 5.98. The first kappa shape index (κ1) is 14.9. The van der Waals surface area contributed by atoms with Gasteiger partial charge in [0.15, 0.2) is 0 Å². The van der Waals surface area contributed by atoms with Gasteiger partial charge in [-0.2, -0.15) is 0 Å². The van der Waals surface area contributed by atoms with Gasteiger partial charge >= 0.3 is 0 Å². The van der Waals surface area contributed by atoms with E-state index < -0.39 is 0 Å². The lowest BCUT2D eigenvalue weighted by atomic mass is 9.82. The Morgan fingerprint density at radius 2 is 1.71 bits per heavy atom. The zero-order valence-electron chi connectivity index (χ0n) is 13.4. The number of piperazine rings is 1. The van der Waals surface area contributed by atoms with E-state index in [4.69, 9.17) is 0 Å². The summed E-state index contributed by atoms with van der Waals surface area (Å²) in [5, 5.41) is 0. The van der Waals surface area contributed by atoms with Crippen molar-refractivity contribution in [1.82, 2.24) is 9.80 Å². The lowest BCUT2D eigenvalue weighted by Crippen LogP contribution is -2.68. The molecule has 4 nitrogen and oxygen atoms in total. The molecule has 4 atom stereocenters. The van der Waals surface area contributed by atoms with Crippen LogP contribution in [-0.4, -0.2) is 46.3 Å². The second-order valence-corrected chi connectivity index (χ2v) is 7.04. The van der Waals surface area contributed by atoms with E-state index in [0.29, 0.717) is 5.92 Å². The summed E-state index contributed by atoms with van der Waals surface area (Å²) in [4.78, 5) is 29.8. The molecule has 0 aromatic heterocycles. The molecule has 0 bridgehead atoms. The lowest BCUT2D eigenvalue weighted by molar-refractivity contribution is -0.168. The number of rotatable bonds is 2. The molecule has 1 saturated carbocycles. The third-order valence-electron chi connectivity index (χ3n) is 5.76. The highest BCUT2D eigenvalue weighted by Crippen LogP contribution is 2.35. The molecule has 2 amide bonds. The Morgan fingerprint density at radius 1 is 1.00 bits per heavy atom. The van der Waals surface area contributed by atoms with E-state index in [2.05, 4.69) is 6.92 Å². The molecule has 4 heteroatoms. The molecule has 0 aromatic carbocycles. The van der Waals surface area contributed by atoms with Crippen LogP contribution in [-0.2, 0) is 9.59 Å². The van der Waals surface area contributed by atoms with Crippen LogP contribution in [0.15, 0.2) is 0 Å². The molecule has 0 radical (unpaired) electrons. The number of carbonyl (C=O) groups excluding carboxylic acids is 2. The van der Waals surface area contributed by atoms with E-state index in [9.17, 15) is 9.59 Å². The summed E-state index contributed by atoms with van der Waals surface area (Å²) in [5.41, 5.74) is 0. The van der Waals surface area contributed by atoms with Crippen molar-refractivity contribution in [2.24, 2.45) is 5.92 Å². The largest absolute Gasteiger partial charge is 0.329 e. The number of fused-ring (bicyclic) bond motifs is 1. The van der Waals surface area contributed by atoms with Gasteiger partial charge in [-0.15, -0.1) is 0 Å². The molecule has 4 unspecified atom stereocenters. The average molecular weight is 292 g/mol. The molecular formula is C17H28N2O2. The smallest absolute Gasteiger partial charge is 0.246 e. The minimum absolute atomic E-state index is 0.164. The molecule has 2 aliphatic heterocycles. The molecule has 3 aliphatic rings. The van der Waals surface area contributed by atoms with E-state index in [0.717, 1.165) is 38.6 Å². The molecule has 0 spiro atoms. The summed E-state index contributed by atoms with van der Waals surface area (Å²) < 4.78 is 0. The first-order valence-corrected chi connectivity index (χ1v) is 8.77. The van der Waals surface area contributed by atoms with Gasteiger partial charge in [-0.05, 0) is 44.4 Å². The van der Waals surface area contributed by atoms with Crippen LogP contribution >= 0.6 is 0 Å². The summed E-state index contributed by atoms with van der Waals surface area (Å²) in [6.45, 7) is 5.07. The van der Waals surface area contributed by atoms with E-state index in [1.807, 2.05) is 16.7 Å². The Balaban J connectivity index is 1.89. The van der Waals surface area contributed by atoms with Gasteiger partial charge in [-0.1, -0.05) is 26.7 Å². The Bertz CT molecular complexity index is 423. The van der Waals surface area contributed by atoms with Crippen molar-refractivity contribution in [3.8, 4) is 0 Å². The van der Waals surface area contributed by atoms with Crippen LogP contribution in [0.5, 0.6) is 0 Å². The van der Waals surface area contributed by atoms with Gasteiger partial charge in [-0.3, -0.25) is 9.59 Å². The van der Waals surface area contributed by atoms with Gasteiger partial charge in [0, 0.05) is 12.6 Å². The third-order valence-corrected chi connectivity index (χ3v) is 5.76. The fraction of sp³-hybridized carbons (Fsp3) is 0.882. The van der Waals surface area contributed by atoms with Crippen LogP contribution in [0.4, 0.5) is 0 Å². The van der Waals surface area contributed by atoms with Crippen molar-refractivity contribution >= 4 is 11.8 Å². The molecule has 2 heterocycles. The Labute approximate surface area is 127 Å². The van der Waals surface area contributed by atoms with Crippen molar-refractivity contribution in [3.05, 3.63) is 0 Å². The second-order valence-electron chi connectivity index (χ2n) is 7.04. The van der Waals surface area contributed by atoms with Gasteiger partial charge in [0.2, 0.25) is 11.8 Å². The maximum absolute atomic E-state index is 13.1. The van der Waals surface area contributed by atoms with Gasteiger partial charge in [0.1, 0.15) is 12.1 Å². The number of carbonyl (C=O) groups is 2. The molecule has 2 saturated heterocycles. The van der Waals surface area contributed by atoms with Crippen molar-refractivity contribution in [2.75, 3.05) is 6.54 Å². The molecule has 1 aliphatic carbocycles. The van der Waals surface area contributed by atoms with Crippen molar-refractivity contribution < 1.29 is 9.59 Å². The quantitative estimate of drug-likeness (QED) is 0.785. The van der Waals surface area contributed by atoms with Crippen molar-refractivity contribution in [1.29, 1.82) is 0 Å². The maximum atomic E-state index is 13.1. The summed E-state index contributed by atoms with van der Waals surface area (Å²) >= 11 is 0. The van der Waals surface area contributed by atoms with Gasteiger partial charge < -0.3 is 9.80 Å². The molecule has 21 heavy (non-hydrogen) atoms. The SMILES string of the molecule is CCC1C(=O)N2CCCCC2C(=O)N1C1CCCCC1C. The predicted molar refractivity (Wildman–Crippen MR) is 81.7 cm³/mol. The van der Waals surface area contributed by atoms with Crippen LogP contribution in [0, 0.1) is 5.92 Å². The van der Waals surface area contributed by atoms with Crippen LogP contribution in [0.2, 0.25) is 0 Å². The fourth-order valence-corrected chi connectivity index (χ4v) is 4.56. The minimum Gasteiger partial charge on any atom is -0.329 e. The van der Waals surface area contributed by atoms with Crippen LogP contribution in [0.25, 0.3) is 0 Å². The monoisotopic (exact) mass is 292 g/mol. The van der Waals surface area contributed by atoms with Crippen molar-refractivity contribution in [3.63, 3.8) is 0 Å². The standard InChI is InChI=1S/C17H28N2O2/c1-3-13-16(20)18-11-7-6-10-15(18)17(21)19(13)14-9-5-4-8-12(14)2/h12-15H,3-11H2,1-2H3. The van der Waals surface area contributed by atoms with Gasteiger partial charge in [-0.25, -0.2) is 0 Å². The van der Waals surface area contributed by atoms with E-state index >= 15 is 0 Å². The summed E-state index contributed by atoms with van der Waals surface area (Å²) in [6.07, 6.45) is 8.45. The fourth-order valence-electron chi connectivity index (χ4n) is 4.56. The summed E-state index contributed by atoms with van der Waals surface area (Å²) in [6, 6.07) is -0.0928. The van der Waals surface area contributed by atoms with Crippen LogP contribution < -0.4 is 0 Å². The molecule has 3 fully saturated rings. The Kier molecular flexibility index (Phi) is 4.23. The minimum atomic E-state index is -0.211. The van der Waals surface area contributed by atoms with Crippen molar-refractivity contribution in [2.45, 2.75) is 83.3 Å². The number of nitrogens with zero attached hydrogens (tertiary/aromatic N) is 2. The highest BCUT2D eigenvalue weighted by Gasteiger charge is 2.48. The summed E-state index contributed by atoms with van der Waals surface area (Å²) in [7, 11) is 0. The maximum Gasteiger partial charge on any atom is 0.246 e. The first-order valence-electron chi connectivity index (χ1n) is 8.77. The highest BCUT2D eigenvalue weighted by molar-refractivity contribution is 5.97. The van der Waals surface area contributed by atoms with E-state index in [1.165, 1.54) is 19.3 Å². The normalized spacial score (nSPS) is 37.6. The molecule has 3 rings (SSSR count). The van der Waals surface area contributed by atoms with Gasteiger partial charge in [0.05, 0.1) is 0 Å². The lowest BCUT2D eigenvalue weighted by Gasteiger charge is -2.51. The van der Waals surface area contributed by atoms with Gasteiger partial charge in [0.25, 0.3) is 0 Å². The van der Waals surface area contributed by atoms with E-state index in [-0.39, 0.29) is 29.9 Å². The molecule has 118 valence electrons. The molecule has 0 aromatic rings. The van der Waals surface area contributed by atoms with Crippen LogP contribution in [0.1, 0.15) is 65.2 Å². The zero-order chi connectivity index (χ0) is 15.0. The summed E-state index contributed by atoms with van der Waals surface area (Å²) in [5.74, 6) is 0.971. The highest BCUT2D eigenvalue weighted by atomic mass is 16.2. The molecule has 0 N–H and O–H groups in total. The Hall–Kier alpha value is -1.06. The predicted octanol–water partition coefficient (Wildman–Crippen LogP) is 2.57. The zero-order valence-corrected chi connectivity index (χ0v) is 13.4. The van der Waals surface area contributed by atoms with Crippen LogP contribution in [0.3, 0.4) is 0 Å². The number of hydrogen-bond acceptors (Lipinski definition) is 2. The number of amides is 2.